The first kappa shape index (κ1) is 17.8. The van der Waals surface area contributed by atoms with Gasteiger partial charge in [-0.1, -0.05) is 19.9 Å². The zero-order valence-electron chi connectivity index (χ0n) is 15.4. The van der Waals surface area contributed by atoms with Crippen LogP contribution in [0.4, 0.5) is 10.1 Å². The van der Waals surface area contributed by atoms with Crippen LogP contribution >= 0.6 is 0 Å². The molecule has 28 heavy (non-hydrogen) atoms. The molecule has 0 aliphatic heterocycles. The molecule has 0 saturated carbocycles. The van der Waals surface area contributed by atoms with E-state index in [0.29, 0.717) is 17.3 Å². The van der Waals surface area contributed by atoms with Crippen molar-refractivity contribution in [2.75, 3.05) is 5.32 Å². The van der Waals surface area contributed by atoms with Gasteiger partial charge in [0, 0.05) is 29.7 Å². The van der Waals surface area contributed by atoms with E-state index in [9.17, 15) is 9.18 Å². The average Bonchev–Trinajstić information content (AvgIpc) is 3.13. The van der Waals surface area contributed by atoms with Crippen LogP contribution in [0, 0.1) is 5.82 Å². The average molecular weight is 375 g/mol. The minimum Gasteiger partial charge on any atom is -0.321 e. The number of carbonyl (C=O) groups excluding carboxylic acids is 1. The van der Waals surface area contributed by atoms with E-state index >= 15 is 0 Å². The zero-order valence-corrected chi connectivity index (χ0v) is 15.4. The Morgan fingerprint density at radius 3 is 2.75 bits per heavy atom. The molecule has 0 atom stereocenters. The SMILES string of the molecule is CC(C)c1cnc2nn(-c3cc(NC(=O)c4ccccn4)ccc3F)cc2c1. The Balaban J connectivity index is 1.67. The molecule has 0 bridgehead atoms. The second kappa shape index (κ2) is 7.19. The number of hydrogen-bond acceptors (Lipinski definition) is 4. The standard InChI is InChI=1S/C21H18FN5O/c1-13(2)14-9-15-12-27(26-20(15)24-11-14)19-10-16(6-7-17(19)22)25-21(28)18-5-3-4-8-23-18/h3-13H,1-2H3,(H,25,28). The number of halogens is 1. The fraction of sp³-hybridized carbons (Fsp3) is 0.143. The maximum Gasteiger partial charge on any atom is 0.274 e. The second-order valence-corrected chi connectivity index (χ2v) is 6.75. The number of nitrogens with one attached hydrogen (secondary N) is 1. The van der Waals surface area contributed by atoms with Crippen LogP contribution in [0.3, 0.4) is 0 Å². The van der Waals surface area contributed by atoms with E-state index in [1.54, 1.807) is 36.8 Å². The number of anilines is 1. The number of aromatic nitrogens is 4. The molecule has 0 aliphatic carbocycles. The van der Waals surface area contributed by atoms with Gasteiger partial charge in [-0.05, 0) is 47.9 Å². The van der Waals surface area contributed by atoms with Gasteiger partial charge in [0.05, 0.1) is 0 Å². The van der Waals surface area contributed by atoms with E-state index in [0.717, 1.165) is 10.9 Å². The van der Waals surface area contributed by atoms with E-state index in [2.05, 4.69) is 34.2 Å². The van der Waals surface area contributed by atoms with Crippen LogP contribution in [0.15, 0.2) is 61.1 Å². The molecule has 1 amide bonds. The zero-order chi connectivity index (χ0) is 19.7. The monoisotopic (exact) mass is 375 g/mol. The summed E-state index contributed by atoms with van der Waals surface area (Å²) in [4.78, 5) is 20.7. The highest BCUT2D eigenvalue weighted by Crippen LogP contribution is 2.23. The number of nitrogens with zero attached hydrogens (tertiary/aromatic N) is 4. The fourth-order valence-corrected chi connectivity index (χ4v) is 2.83. The summed E-state index contributed by atoms with van der Waals surface area (Å²) >= 11 is 0. The molecule has 0 saturated heterocycles. The van der Waals surface area contributed by atoms with Crippen molar-refractivity contribution in [3.8, 4) is 5.69 Å². The first-order valence-corrected chi connectivity index (χ1v) is 8.89. The van der Waals surface area contributed by atoms with Crippen LogP contribution < -0.4 is 5.32 Å². The van der Waals surface area contributed by atoms with E-state index in [1.807, 2.05) is 6.07 Å². The molecule has 0 radical (unpaired) electrons. The summed E-state index contributed by atoms with van der Waals surface area (Å²) < 4.78 is 15.9. The maximum atomic E-state index is 14.4. The Kier molecular flexibility index (Phi) is 4.57. The quantitative estimate of drug-likeness (QED) is 0.576. The number of rotatable bonds is 4. The van der Waals surface area contributed by atoms with Crippen LogP contribution in [0.5, 0.6) is 0 Å². The third-order valence-corrected chi connectivity index (χ3v) is 4.40. The van der Waals surface area contributed by atoms with Gasteiger partial charge in [0.1, 0.15) is 17.2 Å². The van der Waals surface area contributed by atoms with Crippen molar-refractivity contribution in [2.24, 2.45) is 0 Å². The Bertz CT molecular complexity index is 1150. The Morgan fingerprint density at radius 1 is 1.14 bits per heavy atom. The molecular weight excluding hydrogens is 357 g/mol. The van der Waals surface area contributed by atoms with Crippen LogP contribution in [-0.2, 0) is 0 Å². The van der Waals surface area contributed by atoms with Gasteiger partial charge in [0.15, 0.2) is 5.65 Å². The summed E-state index contributed by atoms with van der Waals surface area (Å²) in [6.45, 7) is 4.17. The van der Waals surface area contributed by atoms with E-state index in [4.69, 9.17) is 0 Å². The molecule has 1 N–H and O–H groups in total. The van der Waals surface area contributed by atoms with E-state index < -0.39 is 5.82 Å². The van der Waals surface area contributed by atoms with Crippen LogP contribution in [0.25, 0.3) is 16.7 Å². The van der Waals surface area contributed by atoms with E-state index in [-0.39, 0.29) is 17.3 Å². The van der Waals surface area contributed by atoms with Crippen molar-refractivity contribution >= 4 is 22.6 Å². The smallest absolute Gasteiger partial charge is 0.274 e. The third kappa shape index (κ3) is 3.46. The third-order valence-electron chi connectivity index (χ3n) is 4.40. The Hall–Kier alpha value is -3.61. The predicted molar refractivity (Wildman–Crippen MR) is 105 cm³/mol. The molecule has 3 heterocycles. The minimum absolute atomic E-state index is 0.225. The van der Waals surface area contributed by atoms with Gasteiger partial charge in [0.2, 0.25) is 0 Å². The normalized spacial score (nSPS) is 11.1. The molecule has 7 heteroatoms. The lowest BCUT2D eigenvalue weighted by atomic mass is 10.1. The lowest BCUT2D eigenvalue weighted by molar-refractivity contribution is 0.102. The summed E-state index contributed by atoms with van der Waals surface area (Å²) in [5.41, 5.74) is 2.57. The molecule has 0 fully saturated rings. The molecular formula is C21H18FN5O. The van der Waals surface area contributed by atoms with Crippen LogP contribution in [-0.4, -0.2) is 25.7 Å². The Morgan fingerprint density at radius 2 is 2.00 bits per heavy atom. The highest BCUT2D eigenvalue weighted by molar-refractivity contribution is 6.02. The van der Waals surface area contributed by atoms with Crippen molar-refractivity contribution in [3.63, 3.8) is 0 Å². The molecule has 0 unspecified atom stereocenters. The number of carbonyl (C=O) groups is 1. The second-order valence-electron chi connectivity index (χ2n) is 6.75. The molecule has 6 nitrogen and oxygen atoms in total. The molecule has 0 aliphatic rings. The molecule has 140 valence electrons. The van der Waals surface area contributed by atoms with E-state index in [1.165, 1.54) is 22.9 Å². The summed E-state index contributed by atoms with van der Waals surface area (Å²) in [5, 5.41) is 7.92. The molecule has 4 rings (SSSR count). The summed E-state index contributed by atoms with van der Waals surface area (Å²) in [7, 11) is 0. The van der Waals surface area contributed by atoms with Gasteiger partial charge in [-0.25, -0.2) is 14.1 Å². The van der Waals surface area contributed by atoms with Gasteiger partial charge in [-0.3, -0.25) is 9.78 Å². The summed E-state index contributed by atoms with van der Waals surface area (Å²) in [5.74, 6) is -0.484. The highest BCUT2D eigenvalue weighted by atomic mass is 19.1. The van der Waals surface area contributed by atoms with Crippen molar-refractivity contribution in [3.05, 3.63) is 78.1 Å². The number of hydrogen-bond donors (Lipinski definition) is 1. The lowest BCUT2D eigenvalue weighted by Gasteiger charge is -2.08. The lowest BCUT2D eigenvalue weighted by Crippen LogP contribution is -2.13. The molecule has 0 spiro atoms. The molecule has 4 aromatic rings. The van der Waals surface area contributed by atoms with Gasteiger partial charge in [0.25, 0.3) is 5.91 Å². The fourth-order valence-electron chi connectivity index (χ4n) is 2.83. The minimum atomic E-state index is -0.451. The van der Waals surface area contributed by atoms with Crippen molar-refractivity contribution in [2.45, 2.75) is 19.8 Å². The molecule has 3 aromatic heterocycles. The van der Waals surface area contributed by atoms with Crippen LogP contribution in [0.2, 0.25) is 0 Å². The van der Waals surface area contributed by atoms with Gasteiger partial charge < -0.3 is 5.32 Å². The topological polar surface area (TPSA) is 72.7 Å². The van der Waals surface area contributed by atoms with Crippen molar-refractivity contribution in [1.29, 1.82) is 0 Å². The number of amides is 1. The predicted octanol–water partition coefficient (Wildman–Crippen LogP) is 4.33. The first-order valence-electron chi connectivity index (χ1n) is 8.89. The number of fused-ring (bicyclic) bond motifs is 1. The summed E-state index contributed by atoms with van der Waals surface area (Å²) in [6.07, 6.45) is 5.06. The molecule has 1 aromatic carbocycles. The van der Waals surface area contributed by atoms with Gasteiger partial charge in [-0.2, -0.15) is 0 Å². The summed E-state index contributed by atoms with van der Waals surface area (Å²) in [6, 6.07) is 11.4. The number of pyridine rings is 2. The van der Waals surface area contributed by atoms with Crippen LogP contribution in [0.1, 0.15) is 35.8 Å². The first-order chi connectivity index (χ1) is 13.5. The number of benzene rings is 1. The van der Waals surface area contributed by atoms with Crippen molar-refractivity contribution < 1.29 is 9.18 Å². The largest absolute Gasteiger partial charge is 0.321 e. The van der Waals surface area contributed by atoms with Crippen molar-refractivity contribution in [1.82, 2.24) is 19.7 Å². The maximum absolute atomic E-state index is 14.4. The Labute approximate surface area is 161 Å². The highest BCUT2D eigenvalue weighted by Gasteiger charge is 2.13. The van der Waals surface area contributed by atoms with Gasteiger partial charge >= 0.3 is 0 Å². The van der Waals surface area contributed by atoms with Gasteiger partial charge in [-0.15, -0.1) is 5.10 Å².